The van der Waals surface area contributed by atoms with Crippen LogP contribution in [0.3, 0.4) is 0 Å². The number of nitrogens with zero attached hydrogens (tertiary/aromatic N) is 1. The first-order valence-electron chi connectivity index (χ1n) is 16.1. The Kier molecular flexibility index (Phi) is 14.5. The molecule has 3 aliphatic heterocycles. The Morgan fingerprint density at radius 3 is 2.57 bits per heavy atom. The maximum atomic E-state index is 12.8. The van der Waals surface area contributed by atoms with Crippen molar-refractivity contribution < 1.29 is 38.5 Å². The van der Waals surface area contributed by atoms with Crippen LogP contribution in [0.1, 0.15) is 104 Å². The van der Waals surface area contributed by atoms with E-state index in [4.69, 9.17) is 25.1 Å². The minimum Gasteiger partial charge on any atom is -0.481 e. The van der Waals surface area contributed by atoms with E-state index in [9.17, 15) is 28.8 Å². The zero-order valence-electron chi connectivity index (χ0n) is 26.5. The number of carboxylic acid groups (broad SMARTS) is 1. The number of aromatic nitrogens is 2. The van der Waals surface area contributed by atoms with Gasteiger partial charge in [0.25, 0.3) is 11.5 Å². The van der Waals surface area contributed by atoms with E-state index in [2.05, 4.69) is 22.5 Å². The normalized spacial score (nSPS) is 25.0. The molecule has 1 aromatic rings. The molecule has 0 spiro atoms. The number of H-pyrrole nitrogens is 1. The minimum atomic E-state index is -1.19. The summed E-state index contributed by atoms with van der Waals surface area (Å²) in [5.74, 6) is -2.21. The van der Waals surface area contributed by atoms with E-state index in [1.807, 2.05) is 6.92 Å². The molecule has 0 aromatic carbocycles. The molecule has 4 heterocycles. The Bertz CT molecular complexity index is 1340. The number of allylic oxidation sites excluding steroid dienone is 1. The fourth-order valence-electron chi connectivity index (χ4n) is 5.49. The first kappa shape index (κ1) is 36.5. The van der Waals surface area contributed by atoms with Gasteiger partial charge in [0.05, 0.1) is 6.10 Å². The molecule has 0 saturated carbocycles. The van der Waals surface area contributed by atoms with Gasteiger partial charge in [-0.05, 0) is 57.9 Å². The van der Waals surface area contributed by atoms with Gasteiger partial charge in [0.15, 0.2) is 11.9 Å². The van der Waals surface area contributed by atoms with E-state index in [0.717, 1.165) is 25.7 Å². The van der Waals surface area contributed by atoms with Crippen molar-refractivity contribution in [3.63, 3.8) is 0 Å². The van der Waals surface area contributed by atoms with Gasteiger partial charge in [-0.15, -0.1) is 0 Å². The predicted octanol–water partition coefficient (Wildman–Crippen LogP) is 1.71. The average Bonchev–Trinajstić information content (AvgIpc) is 3.42. The second kappa shape index (κ2) is 18.2. The van der Waals surface area contributed by atoms with Crippen LogP contribution in [0, 0.1) is 0 Å². The molecule has 3 aliphatic rings. The van der Waals surface area contributed by atoms with E-state index >= 15 is 0 Å². The van der Waals surface area contributed by atoms with E-state index in [1.54, 1.807) is 6.08 Å². The van der Waals surface area contributed by atoms with Gasteiger partial charge in [-0.1, -0.05) is 32.6 Å². The summed E-state index contributed by atoms with van der Waals surface area (Å²) < 4.78 is 18.6. The van der Waals surface area contributed by atoms with Crippen molar-refractivity contribution >= 4 is 23.7 Å². The number of primary amides is 1. The quantitative estimate of drug-likeness (QED) is 0.195. The van der Waals surface area contributed by atoms with Crippen molar-refractivity contribution in [3.8, 4) is 0 Å². The number of unbranched alkanes of at least 4 members (excludes halogenated alkanes) is 4. The smallest absolute Gasteiger partial charge is 0.330 e. The third-order valence-electron chi connectivity index (χ3n) is 7.96. The summed E-state index contributed by atoms with van der Waals surface area (Å²) in [5.41, 5.74) is 4.42. The molecular formula is C31H47N5O10. The standard InChI is InChI=1S/C23H31N5O8.C8H16O2/c1-12-4-2-5-13(21(31)25-12)26-22(32)15-6-3-7-18(35-15)36-19(20(24)30)14-8-9-17(34-14)28-11-10-16(29)27-23(28)33;1-2-3-4-5-6-7-8(9)10/h6,10-14,17-19H,2-5,7-9H2,1H3,(H2,24,30)(H,25,31)(H,26,32)(H,27,29,33);2-7H2,1H3,(H,9,10). The third kappa shape index (κ3) is 11.4. The molecule has 2 fully saturated rings. The zero-order chi connectivity index (χ0) is 33.6. The molecule has 0 aliphatic carbocycles. The lowest BCUT2D eigenvalue weighted by Crippen LogP contribution is -2.48. The van der Waals surface area contributed by atoms with Crippen molar-refractivity contribution in [3.05, 3.63) is 44.9 Å². The largest absolute Gasteiger partial charge is 0.481 e. The highest BCUT2D eigenvalue weighted by molar-refractivity contribution is 5.95. The van der Waals surface area contributed by atoms with Crippen LogP contribution in [0.5, 0.6) is 0 Å². The van der Waals surface area contributed by atoms with E-state index < -0.39 is 59.8 Å². The van der Waals surface area contributed by atoms with Crippen LogP contribution in [0.2, 0.25) is 0 Å². The van der Waals surface area contributed by atoms with Gasteiger partial charge in [-0.25, -0.2) is 4.79 Å². The van der Waals surface area contributed by atoms with Crippen LogP contribution in [-0.2, 0) is 33.4 Å². The third-order valence-corrected chi connectivity index (χ3v) is 7.96. The minimum absolute atomic E-state index is 0.00424. The molecule has 46 heavy (non-hydrogen) atoms. The molecule has 3 amide bonds. The molecule has 0 bridgehead atoms. The lowest BCUT2D eigenvalue weighted by Gasteiger charge is -2.30. The molecule has 6 N–H and O–H groups in total. The molecule has 256 valence electrons. The second-order valence-electron chi connectivity index (χ2n) is 11.8. The monoisotopic (exact) mass is 649 g/mol. The number of nitrogens with one attached hydrogen (secondary N) is 3. The van der Waals surface area contributed by atoms with Crippen LogP contribution >= 0.6 is 0 Å². The number of aromatic amines is 1. The number of ether oxygens (including phenoxy) is 3. The van der Waals surface area contributed by atoms with Crippen LogP contribution in [0.25, 0.3) is 0 Å². The van der Waals surface area contributed by atoms with E-state index in [1.165, 1.54) is 36.1 Å². The summed E-state index contributed by atoms with van der Waals surface area (Å²) in [6, 6.07) is 0.592. The molecule has 0 radical (unpaired) electrons. The highest BCUT2D eigenvalue weighted by Crippen LogP contribution is 2.31. The van der Waals surface area contributed by atoms with Gasteiger partial charge >= 0.3 is 11.7 Å². The molecule has 15 nitrogen and oxygen atoms in total. The maximum absolute atomic E-state index is 12.8. The Hall–Kier alpha value is -3.98. The summed E-state index contributed by atoms with van der Waals surface area (Å²) in [7, 11) is 0. The fraction of sp³-hybridized carbons (Fsp3) is 0.677. The molecule has 6 unspecified atom stereocenters. The van der Waals surface area contributed by atoms with Crippen LogP contribution in [0.4, 0.5) is 0 Å². The van der Waals surface area contributed by atoms with E-state index in [-0.39, 0.29) is 17.7 Å². The van der Waals surface area contributed by atoms with Crippen LogP contribution < -0.4 is 27.6 Å². The summed E-state index contributed by atoms with van der Waals surface area (Å²) in [6.45, 7) is 4.07. The topological polar surface area (TPSA) is 221 Å². The van der Waals surface area contributed by atoms with Crippen LogP contribution in [0.15, 0.2) is 33.7 Å². The van der Waals surface area contributed by atoms with Gasteiger partial charge in [0, 0.05) is 31.1 Å². The van der Waals surface area contributed by atoms with Crippen molar-refractivity contribution in [2.75, 3.05) is 0 Å². The number of nitrogens with two attached hydrogens (primary N) is 1. The molecule has 6 atom stereocenters. The number of aliphatic carboxylic acids is 1. The first-order chi connectivity index (χ1) is 22.0. The first-order valence-corrected chi connectivity index (χ1v) is 16.1. The van der Waals surface area contributed by atoms with Gasteiger partial charge in [0.1, 0.15) is 12.3 Å². The van der Waals surface area contributed by atoms with Gasteiger partial charge in [0.2, 0.25) is 18.1 Å². The van der Waals surface area contributed by atoms with Crippen molar-refractivity contribution in [1.82, 2.24) is 20.2 Å². The number of carbonyl (C=O) groups is 4. The zero-order valence-corrected chi connectivity index (χ0v) is 26.5. The molecule has 2 saturated heterocycles. The fourth-order valence-corrected chi connectivity index (χ4v) is 5.49. The molecule has 1 aromatic heterocycles. The Morgan fingerprint density at radius 1 is 1.11 bits per heavy atom. The Labute approximate surface area is 267 Å². The number of hydrogen-bond donors (Lipinski definition) is 5. The molecular weight excluding hydrogens is 602 g/mol. The van der Waals surface area contributed by atoms with E-state index in [0.29, 0.717) is 38.5 Å². The average molecular weight is 650 g/mol. The predicted molar refractivity (Wildman–Crippen MR) is 165 cm³/mol. The summed E-state index contributed by atoms with van der Waals surface area (Å²) >= 11 is 0. The van der Waals surface area contributed by atoms with Gasteiger partial charge in [-0.2, -0.15) is 0 Å². The molecule has 4 rings (SSSR count). The maximum Gasteiger partial charge on any atom is 0.330 e. The Balaban J connectivity index is 0.000000498. The number of carbonyl (C=O) groups excluding carboxylic acids is 3. The lowest BCUT2D eigenvalue weighted by atomic mass is 10.1. The number of rotatable bonds is 13. The summed E-state index contributed by atoms with van der Waals surface area (Å²) in [5, 5.41) is 13.8. The van der Waals surface area contributed by atoms with Crippen molar-refractivity contribution in [1.29, 1.82) is 0 Å². The molecule has 15 heteroatoms. The van der Waals surface area contributed by atoms with Crippen LogP contribution in [-0.4, -0.2) is 68.9 Å². The van der Waals surface area contributed by atoms with Gasteiger partial charge in [-0.3, -0.25) is 33.5 Å². The van der Waals surface area contributed by atoms with Crippen molar-refractivity contribution in [2.24, 2.45) is 5.73 Å². The Morgan fingerprint density at radius 2 is 1.87 bits per heavy atom. The highest BCUT2D eigenvalue weighted by Gasteiger charge is 2.39. The SMILES string of the molecule is CC1CCCC(NC(=O)C2=CCCC(OC(C(N)=O)C3CCC(n4ccc(=O)[nH]c4=O)O3)O2)C(=O)N1.CCCCCCCC(=O)O. The highest BCUT2D eigenvalue weighted by atomic mass is 16.7. The number of hydrogen-bond acceptors (Lipinski definition) is 9. The number of carboxylic acids is 1. The number of amides is 3. The summed E-state index contributed by atoms with van der Waals surface area (Å²) in [6.07, 6.45) is 8.98. The van der Waals surface area contributed by atoms with Gasteiger partial charge < -0.3 is 35.7 Å². The summed E-state index contributed by atoms with van der Waals surface area (Å²) in [4.78, 5) is 72.9. The van der Waals surface area contributed by atoms with Crippen molar-refractivity contribution in [2.45, 2.75) is 134 Å². The second-order valence-corrected chi connectivity index (χ2v) is 11.8. The lowest BCUT2D eigenvalue weighted by molar-refractivity contribution is -0.195.